The van der Waals surface area contributed by atoms with Crippen molar-refractivity contribution in [3.8, 4) is 11.5 Å². The lowest BCUT2D eigenvalue weighted by molar-refractivity contribution is 0.0953. The topological polar surface area (TPSA) is 81.7 Å². The Hall–Kier alpha value is -2.84. The van der Waals surface area contributed by atoms with Crippen molar-refractivity contribution in [2.75, 3.05) is 13.7 Å². The summed E-state index contributed by atoms with van der Waals surface area (Å²) in [5.74, 6) is 0.900. The third-order valence-corrected chi connectivity index (χ3v) is 7.79. The third-order valence-electron chi connectivity index (χ3n) is 4.56. The van der Waals surface area contributed by atoms with E-state index in [1.54, 1.807) is 48.5 Å². The first kappa shape index (κ1) is 22.8. The number of rotatable bonds is 9. The van der Waals surface area contributed by atoms with Crippen molar-refractivity contribution >= 4 is 27.1 Å². The van der Waals surface area contributed by atoms with Gasteiger partial charge in [-0.3, -0.25) is 4.79 Å². The van der Waals surface area contributed by atoms with E-state index in [2.05, 4.69) is 5.32 Å². The molecule has 31 heavy (non-hydrogen) atoms. The van der Waals surface area contributed by atoms with Gasteiger partial charge in [-0.25, -0.2) is 8.42 Å². The SMILES string of the molecule is COc1ccc(S(=O)(=O)[C@H](CNC(=O)c2ccc(OC(C)C)cc2)c2cccs2)cc1. The van der Waals surface area contributed by atoms with Crippen molar-refractivity contribution in [2.24, 2.45) is 0 Å². The van der Waals surface area contributed by atoms with Crippen molar-refractivity contribution in [3.05, 3.63) is 76.5 Å². The minimum Gasteiger partial charge on any atom is -0.497 e. The van der Waals surface area contributed by atoms with Gasteiger partial charge in [0.25, 0.3) is 5.91 Å². The summed E-state index contributed by atoms with van der Waals surface area (Å²) in [6, 6.07) is 16.6. The lowest BCUT2D eigenvalue weighted by atomic mass is 10.2. The summed E-state index contributed by atoms with van der Waals surface area (Å²) < 4.78 is 37.4. The van der Waals surface area contributed by atoms with Gasteiger partial charge in [-0.05, 0) is 73.8 Å². The second-order valence-electron chi connectivity index (χ2n) is 7.13. The van der Waals surface area contributed by atoms with Crippen LogP contribution < -0.4 is 14.8 Å². The molecule has 8 heteroatoms. The first-order valence-electron chi connectivity index (χ1n) is 9.77. The average molecular weight is 460 g/mol. The van der Waals surface area contributed by atoms with Gasteiger partial charge in [-0.2, -0.15) is 0 Å². The van der Waals surface area contributed by atoms with Crippen LogP contribution in [0, 0.1) is 0 Å². The van der Waals surface area contributed by atoms with Crippen LogP contribution >= 0.6 is 11.3 Å². The minimum absolute atomic E-state index is 0.0365. The zero-order valence-electron chi connectivity index (χ0n) is 17.6. The van der Waals surface area contributed by atoms with Crippen LogP contribution in [0.25, 0.3) is 0 Å². The normalized spacial score (nSPS) is 12.4. The molecule has 1 atom stereocenters. The molecule has 0 aliphatic carbocycles. The van der Waals surface area contributed by atoms with Gasteiger partial charge >= 0.3 is 0 Å². The number of benzene rings is 2. The molecular weight excluding hydrogens is 434 g/mol. The summed E-state index contributed by atoms with van der Waals surface area (Å²) in [6.45, 7) is 3.81. The van der Waals surface area contributed by atoms with E-state index in [0.29, 0.717) is 21.9 Å². The van der Waals surface area contributed by atoms with Crippen molar-refractivity contribution < 1.29 is 22.7 Å². The van der Waals surface area contributed by atoms with E-state index in [1.807, 2.05) is 19.2 Å². The van der Waals surface area contributed by atoms with Gasteiger partial charge in [0.2, 0.25) is 0 Å². The number of amides is 1. The molecule has 1 amide bonds. The molecule has 0 aliphatic heterocycles. The Morgan fingerprint density at radius 3 is 2.19 bits per heavy atom. The molecule has 6 nitrogen and oxygen atoms in total. The van der Waals surface area contributed by atoms with Gasteiger partial charge in [-0.15, -0.1) is 11.3 Å². The average Bonchev–Trinajstić information content (AvgIpc) is 3.28. The Balaban J connectivity index is 1.78. The van der Waals surface area contributed by atoms with Crippen LogP contribution in [0.3, 0.4) is 0 Å². The third kappa shape index (κ3) is 5.65. The molecule has 2 aromatic carbocycles. The maximum Gasteiger partial charge on any atom is 0.251 e. The monoisotopic (exact) mass is 459 g/mol. The Morgan fingerprint density at radius 2 is 1.65 bits per heavy atom. The van der Waals surface area contributed by atoms with Crippen molar-refractivity contribution in [1.29, 1.82) is 0 Å². The molecule has 1 aromatic heterocycles. The lowest BCUT2D eigenvalue weighted by Gasteiger charge is -2.18. The Morgan fingerprint density at radius 1 is 1.00 bits per heavy atom. The summed E-state index contributed by atoms with van der Waals surface area (Å²) >= 11 is 1.34. The zero-order chi connectivity index (χ0) is 22.4. The van der Waals surface area contributed by atoms with Gasteiger partial charge in [0.1, 0.15) is 16.7 Å². The Labute approximate surface area is 186 Å². The quantitative estimate of drug-likeness (QED) is 0.510. The van der Waals surface area contributed by atoms with Gasteiger partial charge in [-0.1, -0.05) is 6.07 Å². The predicted octanol–water partition coefficient (Wildman–Crippen LogP) is 4.49. The number of hydrogen-bond acceptors (Lipinski definition) is 6. The van der Waals surface area contributed by atoms with Crippen LogP contribution in [0.1, 0.15) is 34.3 Å². The largest absolute Gasteiger partial charge is 0.497 e. The molecular formula is C23H25NO5S2. The number of carbonyl (C=O) groups is 1. The number of ether oxygens (including phenoxy) is 2. The van der Waals surface area contributed by atoms with E-state index in [-0.39, 0.29) is 23.5 Å². The van der Waals surface area contributed by atoms with Crippen LogP contribution in [0.15, 0.2) is 70.9 Å². The van der Waals surface area contributed by atoms with Crippen LogP contribution in [0.5, 0.6) is 11.5 Å². The number of methoxy groups -OCH3 is 1. The molecule has 0 radical (unpaired) electrons. The van der Waals surface area contributed by atoms with Gasteiger partial charge in [0.05, 0.1) is 18.1 Å². The van der Waals surface area contributed by atoms with E-state index in [9.17, 15) is 13.2 Å². The molecule has 0 unspecified atom stereocenters. The second kappa shape index (κ2) is 9.98. The number of sulfone groups is 1. The van der Waals surface area contributed by atoms with Gasteiger partial charge < -0.3 is 14.8 Å². The van der Waals surface area contributed by atoms with Crippen LogP contribution in [-0.2, 0) is 9.84 Å². The van der Waals surface area contributed by atoms with Crippen LogP contribution in [0.4, 0.5) is 0 Å². The maximum absolute atomic E-state index is 13.3. The summed E-state index contributed by atoms with van der Waals surface area (Å²) in [5, 5.41) is 3.69. The highest BCUT2D eigenvalue weighted by atomic mass is 32.2. The minimum atomic E-state index is -3.73. The molecule has 0 saturated heterocycles. The molecule has 0 aliphatic rings. The van der Waals surface area contributed by atoms with E-state index in [1.165, 1.54) is 30.6 Å². The highest BCUT2D eigenvalue weighted by Gasteiger charge is 2.30. The first-order chi connectivity index (χ1) is 14.8. The molecule has 0 spiro atoms. The molecule has 3 aromatic rings. The highest BCUT2D eigenvalue weighted by molar-refractivity contribution is 7.91. The Bertz CT molecular complexity index is 1090. The standard InChI is InChI=1S/C23H25NO5S2/c1-16(2)29-19-8-6-17(7-9-19)23(25)24-15-22(21-5-4-14-30-21)31(26,27)20-12-10-18(28-3)11-13-20/h4-14,16,22H,15H2,1-3H3,(H,24,25)/t22-/m1/s1. The lowest BCUT2D eigenvalue weighted by Crippen LogP contribution is -2.31. The summed E-state index contributed by atoms with van der Waals surface area (Å²) in [4.78, 5) is 13.5. The van der Waals surface area contributed by atoms with E-state index in [0.717, 1.165) is 0 Å². The molecule has 1 N–H and O–H groups in total. The second-order valence-corrected chi connectivity index (χ2v) is 10.2. The molecule has 164 valence electrons. The number of thiophene rings is 1. The smallest absolute Gasteiger partial charge is 0.251 e. The number of nitrogens with one attached hydrogen (secondary N) is 1. The highest BCUT2D eigenvalue weighted by Crippen LogP contribution is 2.32. The number of carbonyl (C=O) groups excluding carboxylic acids is 1. The van der Waals surface area contributed by atoms with E-state index >= 15 is 0 Å². The van der Waals surface area contributed by atoms with Gasteiger partial charge in [0.15, 0.2) is 9.84 Å². The van der Waals surface area contributed by atoms with E-state index in [4.69, 9.17) is 9.47 Å². The summed E-state index contributed by atoms with van der Waals surface area (Å²) in [5.41, 5.74) is 0.433. The fourth-order valence-corrected chi connectivity index (χ4v) is 5.80. The van der Waals surface area contributed by atoms with Crippen molar-refractivity contribution in [3.63, 3.8) is 0 Å². The van der Waals surface area contributed by atoms with Gasteiger partial charge in [0, 0.05) is 17.0 Å². The zero-order valence-corrected chi connectivity index (χ0v) is 19.2. The number of hydrogen-bond donors (Lipinski definition) is 1. The molecule has 1 heterocycles. The first-order valence-corrected chi connectivity index (χ1v) is 12.2. The van der Waals surface area contributed by atoms with E-state index < -0.39 is 15.1 Å². The van der Waals surface area contributed by atoms with Crippen molar-refractivity contribution in [2.45, 2.75) is 30.1 Å². The van der Waals surface area contributed by atoms with Crippen LogP contribution in [0.2, 0.25) is 0 Å². The fourth-order valence-electron chi connectivity index (χ4n) is 3.01. The van der Waals surface area contributed by atoms with Crippen LogP contribution in [-0.4, -0.2) is 34.1 Å². The molecule has 0 bridgehead atoms. The fraction of sp³-hybridized carbons (Fsp3) is 0.261. The summed E-state index contributed by atoms with van der Waals surface area (Å²) in [7, 11) is -2.20. The van der Waals surface area contributed by atoms with Crippen molar-refractivity contribution in [1.82, 2.24) is 5.32 Å². The molecule has 0 fully saturated rings. The summed E-state index contributed by atoms with van der Waals surface area (Å²) in [6.07, 6.45) is 0.0365. The predicted molar refractivity (Wildman–Crippen MR) is 122 cm³/mol. The maximum atomic E-state index is 13.3. The Kier molecular flexibility index (Phi) is 7.35. The molecule has 0 saturated carbocycles. The molecule has 3 rings (SSSR count).